The number of aryl methyl sites for hydroxylation is 3. The van der Waals surface area contributed by atoms with E-state index < -0.39 is 5.97 Å². The highest BCUT2D eigenvalue weighted by Crippen LogP contribution is 2.20. The summed E-state index contributed by atoms with van der Waals surface area (Å²) in [6.45, 7) is 7.41. The van der Waals surface area contributed by atoms with Crippen LogP contribution in [0.1, 0.15) is 43.2 Å². The van der Waals surface area contributed by atoms with E-state index in [0.29, 0.717) is 22.5 Å². The zero-order valence-electron chi connectivity index (χ0n) is 17.2. The summed E-state index contributed by atoms with van der Waals surface area (Å²) in [7, 11) is 3.01. The molecule has 0 aliphatic carbocycles. The number of benzene rings is 1. The van der Waals surface area contributed by atoms with Gasteiger partial charge >= 0.3 is 5.97 Å². The van der Waals surface area contributed by atoms with E-state index in [-0.39, 0.29) is 24.8 Å². The van der Waals surface area contributed by atoms with Crippen LogP contribution in [-0.2, 0) is 9.53 Å². The summed E-state index contributed by atoms with van der Waals surface area (Å²) in [6, 6.07) is 5.81. The number of ketones is 1. The Balaban J connectivity index is 2.03. The molecule has 0 aliphatic rings. The third kappa shape index (κ3) is 4.67. The number of methoxy groups -OCH3 is 1. The molecule has 0 saturated carbocycles. The fourth-order valence-electron chi connectivity index (χ4n) is 3.25. The molecule has 0 saturated heterocycles. The Labute approximate surface area is 165 Å². The van der Waals surface area contributed by atoms with Crippen LogP contribution in [-0.4, -0.2) is 54.8 Å². The topological polar surface area (TPSA) is 91.5 Å². The summed E-state index contributed by atoms with van der Waals surface area (Å²) in [4.78, 5) is 41.5. The lowest BCUT2D eigenvalue weighted by Gasteiger charge is -2.17. The first-order valence-corrected chi connectivity index (χ1v) is 9.01. The number of carbonyl (C=O) groups is 3. The number of amides is 1. The van der Waals surface area contributed by atoms with Gasteiger partial charge in [0.15, 0.2) is 5.78 Å². The minimum Gasteiger partial charge on any atom is -0.465 e. The van der Waals surface area contributed by atoms with Gasteiger partial charge in [-0.25, -0.2) is 4.79 Å². The van der Waals surface area contributed by atoms with E-state index in [1.165, 1.54) is 7.11 Å². The average molecular weight is 385 g/mol. The normalized spacial score (nSPS) is 10.8. The molecule has 7 heteroatoms. The molecule has 0 radical (unpaired) electrons. The number of anilines is 1. The summed E-state index contributed by atoms with van der Waals surface area (Å²) in [5.74, 6) is -0.868. The number of carbonyl (C=O) groups excluding carboxylic acids is 3. The van der Waals surface area contributed by atoms with Gasteiger partial charge in [-0.15, -0.1) is 0 Å². The number of H-pyrrole nitrogens is 1. The number of esters is 1. The maximum atomic E-state index is 12.6. The lowest BCUT2D eigenvalue weighted by atomic mass is 10.1. The second-order valence-electron chi connectivity index (χ2n) is 7.03. The smallest absolute Gasteiger partial charge is 0.339 e. The number of aromatic nitrogens is 1. The van der Waals surface area contributed by atoms with Crippen molar-refractivity contribution in [3.05, 3.63) is 51.8 Å². The van der Waals surface area contributed by atoms with Crippen molar-refractivity contribution < 1.29 is 19.1 Å². The monoisotopic (exact) mass is 385 g/mol. The Morgan fingerprint density at radius 3 is 2.25 bits per heavy atom. The van der Waals surface area contributed by atoms with Crippen molar-refractivity contribution in [2.75, 3.05) is 32.6 Å². The highest BCUT2D eigenvalue weighted by atomic mass is 16.5. The van der Waals surface area contributed by atoms with E-state index in [1.54, 1.807) is 25.8 Å². The van der Waals surface area contributed by atoms with Crippen LogP contribution in [0.2, 0.25) is 0 Å². The maximum absolute atomic E-state index is 12.6. The SMILES string of the molecule is COC(=O)c1c(C)[nH]c(C(=O)CN(C)CC(=O)Nc2c(C)cccc2C)c1C. The summed E-state index contributed by atoms with van der Waals surface area (Å²) in [5.41, 5.74) is 4.65. The van der Waals surface area contributed by atoms with Gasteiger partial charge in [-0.3, -0.25) is 14.5 Å². The van der Waals surface area contributed by atoms with Crippen molar-refractivity contribution in [1.29, 1.82) is 0 Å². The average Bonchev–Trinajstić information content (AvgIpc) is 2.92. The predicted octanol–water partition coefficient (Wildman–Crippen LogP) is 2.79. The number of aromatic amines is 1. The molecule has 1 aromatic carbocycles. The van der Waals surface area contributed by atoms with Crippen LogP contribution in [0.15, 0.2) is 18.2 Å². The quantitative estimate of drug-likeness (QED) is 0.565. The number of likely N-dealkylation sites (N-methyl/N-ethyl adjacent to an activating group) is 1. The van der Waals surface area contributed by atoms with Crippen molar-refractivity contribution in [2.45, 2.75) is 27.7 Å². The molecule has 0 unspecified atom stereocenters. The number of nitrogens with zero attached hydrogens (tertiary/aromatic N) is 1. The molecule has 0 fully saturated rings. The number of para-hydroxylation sites is 1. The molecule has 0 atom stereocenters. The summed E-state index contributed by atoms with van der Waals surface area (Å²) in [6.07, 6.45) is 0. The molecule has 2 aromatic rings. The summed E-state index contributed by atoms with van der Waals surface area (Å²) < 4.78 is 4.77. The fraction of sp³-hybridized carbons (Fsp3) is 0.381. The van der Waals surface area contributed by atoms with Gasteiger partial charge in [0.05, 0.1) is 31.5 Å². The molecule has 1 amide bonds. The van der Waals surface area contributed by atoms with Crippen LogP contribution in [0.4, 0.5) is 5.69 Å². The fourth-order valence-corrected chi connectivity index (χ4v) is 3.25. The number of rotatable bonds is 7. The Bertz CT molecular complexity index is 894. The molecule has 1 heterocycles. The van der Waals surface area contributed by atoms with Gasteiger partial charge in [-0.2, -0.15) is 0 Å². The molecule has 0 bridgehead atoms. The van der Waals surface area contributed by atoms with E-state index in [2.05, 4.69) is 10.3 Å². The largest absolute Gasteiger partial charge is 0.465 e. The van der Waals surface area contributed by atoms with E-state index >= 15 is 0 Å². The van der Waals surface area contributed by atoms with Crippen LogP contribution in [0.5, 0.6) is 0 Å². The van der Waals surface area contributed by atoms with Crippen LogP contribution >= 0.6 is 0 Å². The molecule has 150 valence electrons. The van der Waals surface area contributed by atoms with Gasteiger partial charge in [0.2, 0.25) is 5.91 Å². The highest BCUT2D eigenvalue weighted by Gasteiger charge is 2.23. The Morgan fingerprint density at radius 1 is 1.07 bits per heavy atom. The molecule has 2 rings (SSSR count). The number of hydrogen-bond donors (Lipinski definition) is 2. The molecule has 7 nitrogen and oxygen atoms in total. The van der Waals surface area contributed by atoms with Gasteiger partial charge in [0.1, 0.15) is 0 Å². The predicted molar refractivity (Wildman–Crippen MR) is 108 cm³/mol. The second kappa shape index (κ2) is 8.84. The molecule has 2 N–H and O–H groups in total. The van der Waals surface area contributed by atoms with E-state index in [9.17, 15) is 14.4 Å². The van der Waals surface area contributed by atoms with Crippen LogP contribution in [0, 0.1) is 27.7 Å². The zero-order chi connectivity index (χ0) is 21.0. The minimum absolute atomic E-state index is 0.0432. The first-order chi connectivity index (χ1) is 13.1. The number of nitrogens with one attached hydrogen (secondary N) is 2. The first-order valence-electron chi connectivity index (χ1n) is 9.01. The minimum atomic E-state index is -0.480. The molecule has 0 spiro atoms. The van der Waals surface area contributed by atoms with Crippen LogP contribution in [0.25, 0.3) is 0 Å². The number of ether oxygens (including phenoxy) is 1. The second-order valence-corrected chi connectivity index (χ2v) is 7.03. The van der Waals surface area contributed by atoms with E-state index in [1.807, 2.05) is 32.0 Å². The molecular formula is C21H27N3O4. The molecule has 0 aliphatic heterocycles. The Hall–Kier alpha value is -2.93. The summed E-state index contributed by atoms with van der Waals surface area (Å²) >= 11 is 0. The van der Waals surface area contributed by atoms with Crippen molar-refractivity contribution >= 4 is 23.3 Å². The van der Waals surface area contributed by atoms with Crippen molar-refractivity contribution in [3.8, 4) is 0 Å². The van der Waals surface area contributed by atoms with Crippen molar-refractivity contribution in [3.63, 3.8) is 0 Å². The standard InChI is InChI=1S/C21H27N3O4/c1-12-8-7-9-13(2)19(12)23-17(26)11-24(5)10-16(25)20-14(3)18(15(4)22-20)21(27)28-6/h7-9,22H,10-11H2,1-6H3,(H,23,26). The van der Waals surface area contributed by atoms with Gasteiger partial charge < -0.3 is 15.0 Å². The lowest BCUT2D eigenvalue weighted by Crippen LogP contribution is -2.34. The van der Waals surface area contributed by atoms with E-state index in [0.717, 1.165) is 16.8 Å². The third-order valence-electron chi connectivity index (χ3n) is 4.68. The van der Waals surface area contributed by atoms with Gasteiger partial charge in [-0.05, 0) is 51.4 Å². The molecule has 1 aromatic heterocycles. The first kappa shape index (κ1) is 21.4. The zero-order valence-corrected chi connectivity index (χ0v) is 17.2. The summed E-state index contributed by atoms with van der Waals surface area (Å²) in [5, 5.41) is 2.91. The number of Topliss-reactive ketones (excluding diaryl/α,β-unsaturated/α-hetero) is 1. The van der Waals surface area contributed by atoms with Crippen LogP contribution < -0.4 is 5.32 Å². The van der Waals surface area contributed by atoms with Gasteiger partial charge in [-0.1, -0.05) is 18.2 Å². The Morgan fingerprint density at radius 2 is 1.68 bits per heavy atom. The highest BCUT2D eigenvalue weighted by molar-refractivity contribution is 6.02. The third-order valence-corrected chi connectivity index (χ3v) is 4.68. The van der Waals surface area contributed by atoms with Gasteiger partial charge in [0.25, 0.3) is 0 Å². The maximum Gasteiger partial charge on any atom is 0.339 e. The van der Waals surface area contributed by atoms with Crippen LogP contribution in [0.3, 0.4) is 0 Å². The van der Waals surface area contributed by atoms with Gasteiger partial charge in [0, 0.05) is 11.4 Å². The number of hydrogen-bond acceptors (Lipinski definition) is 5. The van der Waals surface area contributed by atoms with Crippen molar-refractivity contribution in [1.82, 2.24) is 9.88 Å². The lowest BCUT2D eigenvalue weighted by molar-refractivity contribution is -0.116. The van der Waals surface area contributed by atoms with Crippen molar-refractivity contribution in [2.24, 2.45) is 0 Å². The van der Waals surface area contributed by atoms with E-state index in [4.69, 9.17) is 4.74 Å². The molecular weight excluding hydrogens is 358 g/mol. The molecule has 28 heavy (non-hydrogen) atoms. The Kier molecular flexibility index (Phi) is 6.75.